The number of carbonyl (C=O) groups excluding carboxylic acids is 4. The molecule has 2 aliphatic heterocycles. The topological polar surface area (TPSA) is 115 Å². The number of anilines is 2. The Hall–Kier alpha value is -3.18. The summed E-state index contributed by atoms with van der Waals surface area (Å²) < 4.78 is 22.0. The number of amides is 3. The van der Waals surface area contributed by atoms with Gasteiger partial charge in [-0.25, -0.2) is 4.79 Å². The molecule has 1 unspecified atom stereocenters. The lowest BCUT2D eigenvalue weighted by Crippen LogP contribution is -2.53. The quantitative estimate of drug-likeness (QED) is 0.222. The number of benzene rings is 1. The van der Waals surface area contributed by atoms with Gasteiger partial charge in [0.05, 0.1) is 11.6 Å². The van der Waals surface area contributed by atoms with Crippen LogP contribution in [0, 0.1) is 23.7 Å². The SMILES string of the molecule is CCOCC(C)C(C)C.COCCCN1C(=O)C(C)(C)Oc2ccc(N(C(=O)[C@@H]3C[C@H](C(C)=O)CN(C(=O)OC(C)(C)C)C3)C(C)C)cc21. The largest absolute Gasteiger partial charge is 0.476 e. The van der Waals surface area contributed by atoms with E-state index in [2.05, 4.69) is 20.8 Å². The third kappa shape index (κ3) is 12.0. The van der Waals surface area contributed by atoms with Gasteiger partial charge in [-0.1, -0.05) is 20.8 Å². The number of fused-ring (bicyclic) bond motifs is 1. The highest BCUT2D eigenvalue weighted by Crippen LogP contribution is 2.41. The van der Waals surface area contributed by atoms with Crippen molar-refractivity contribution in [2.24, 2.45) is 23.7 Å². The van der Waals surface area contributed by atoms with E-state index in [-0.39, 0.29) is 36.7 Å². The molecule has 0 radical (unpaired) electrons. The van der Waals surface area contributed by atoms with E-state index >= 15 is 0 Å². The number of piperidine rings is 1. The standard InChI is InChI=1S/C30H45N3O7.C8H18O/c1-19(2)33(26(35)22-15-21(20(3)34)17-31(18-22)28(37)40-29(4,5)6)23-11-12-25-24(16-23)32(13-10-14-38-9)27(36)30(7,8)39-25;1-5-9-6-8(4)7(2)3/h11-12,16,19,21-22H,10,13-15,17-18H2,1-9H3;7-8H,5-6H2,1-4H3/t21-,22+;/m0./s1. The van der Waals surface area contributed by atoms with Crippen LogP contribution in [-0.2, 0) is 28.6 Å². The van der Waals surface area contributed by atoms with E-state index < -0.39 is 29.1 Å². The molecule has 1 saturated heterocycles. The molecule has 278 valence electrons. The first kappa shape index (κ1) is 42.0. The second-order valence-corrected chi connectivity index (χ2v) is 15.4. The number of nitrogens with zero attached hydrogens (tertiary/aromatic N) is 3. The van der Waals surface area contributed by atoms with E-state index in [0.717, 1.165) is 19.1 Å². The molecular weight excluding hydrogens is 626 g/mol. The number of methoxy groups -OCH3 is 1. The molecule has 1 fully saturated rings. The third-order valence-electron chi connectivity index (χ3n) is 8.87. The van der Waals surface area contributed by atoms with Gasteiger partial charge in [-0.05, 0) is 105 Å². The van der Waals surface area contributed by atoms with Crippen molar-refractivity contribution >= 4 is 35.1 Å². The molecule has 3 atom stereocenters. The van der Waals surface area contributed by atoms with E-state index in [1.807, 2.05) is 32.9 Å². The molecule has 0 saturated carbocycles. The molecule has 49 heavy (non-hydrogen) atoms. The molecular formula is C38H63N3O8. The van der Waals surface area contributed by atoms with Gasteiger partial charge in [0, 0.05) is 64.2 Å². The summed E-state index contributed by atoms with van der Waals surface area (Å²) >= 11 is 0. The van der Waals surface area contributed by atoms with Gasteiger partial charge < -0.3 is 33.6 Å². The molecule has 3 rings (SSSR count). The summed E-state index contributed by atoms with van der Waals surface area (Å²) in [5.41, 5.74) is -0.516. The summed E-state index contributed by atoms with van der Waals surface area (Å²) in [5, 5.41) is 0. The van der Waals surface area contributed by atoms with E-state index in [4.69, 9.17) is 18.9 Å². The molecule has 11 nitrogen and oxygen atoms in total. The number of Topliss-reactive ketones (excluding diaryl/α,β-unsaturated/α-hetero) is 1. The Morgan fingerprint density at radius 1 is 1.06 bits per heavy atom. The zero-order valence-corrected chi connectivity index (χ0v) is 32.4. The third-order valence-corrected chi connectivity index (χ3v) is 8.87. The van der Waals surface area contributed by atoms with Gasteiger partial charge >= 0.3 is 6.09 Å². The van der Waals surface area contributed by atoms with E-state index in [1.165, 1.54) is 11.8 Å². The van der Waals surface area contributed by atoms with Crippen molar-refractivity contribution in [2.75, 3.05) is 56.4 Å². The Bertz CT molecular complexity index is 1270. The van der Waals surface area contributed by atoms with Crippen molar-refractivity contribution in [2.45, 2.75) is 113 Å². The van der Waals surface area contributed by atoms with Gasteiger partial charge in [-0.3, -0.25) is 14.4 Å². The van der Waals surface area contributed by atoms with Crippen LogP contribution >= 0.6 is 0 Å². The van der Waals surface area contributed by atoms with Crippen LogP contribution < -0.4 is 14.5 Å². The normalized spacial score (nSPS) is 19.4. The smallest absolute Gasteiger partial charge is 0.410 e. The van der Waals surface area contributed by atoms with Crippen LogP contribution in [0.1, 0.15) is 95.9 Å². The zero-order chi connectivity index (χ0) is 37.3. The van der Waals surface area contributed by atoms with Crippen LogP contribution in [0.25, 0.3) is 0 Å². The Morgan fingerprint density at radius 3 is 2.22 bits per heavy atom. The molecule has 0 aromatic heterocycles. The fourth-order valence-electron chi connectivity index (χ4n) is 5.72. The number of likely N-dealkylation sites (tertiary alicyclic amines) is 1. The second kappa shape index (κ2) is 18.2. The van der Waals surface area contributed by atoms with Gasteiger partial charge in [-0.2, -0.15) is 0 Å². The van der Waals surface area contributed by atoms with Crippen molar-refractivity contribution in [3.8, 4) is 5.75 Å². The summed E-state index contributed by atoms with van der Waals surface area (Å²) in [7, 11) is 1.62. The molecule has 2 heterocycles. The molecule has 0 aliphatic carbocycles. The number of hydrogen-bond donors (Lipinski definition) is 0. The molecule has 0 bridgehead atoms. The minimum absolute atomic E-state index is 0.0686. The van der Waals surface area contributed by atoms with Crippen LogP contribution in [-0.4, -0.2) is 92.4 Å². The van der Waals surface area contributed by atoms with Gasteiger partial charge in [0.1, 0.15) is 17.1 Å². The fourth-order valence-corrected chi connectivity index (χ4v) is 5.72. The molecule has 11 heteroatoms. The van der Waals surface area contributed by atoms with E-state index in [0.29, 0.717) is 49.0 Å². The molecule has 2 aliphatic rings. The Morgan fingerprint density at radius 2 is 1.69 bits per heavy atom. The van der Waals surface area contributed by atoms with Crippen LogP contribution in [0.2, 0.25) is 0 Å². The number of ketones is 1. The zero-order valence-electron chi connectivity index (χ0n) is 32.4. The predicted molar refractivity (Wildman–Crippen MR) is 193 cm³/mol. The first-order valence-corrected chi connectivity index (χ1v) is 17.8. The highest BCUT2D eigenvalue weighted by atomic mass is 16.6. The highest BCUT2D eigenvalue weighted by molar-refractivity contribution is 6.04. The minimum Gasteiger partial charge on any atom is -0.476 e. The van der Waals surface area contributed by atoms with Crippen molar-refractivity contribution in [1.82, 2.24) is 4.90 Å². The van der Waals surface area contributed by atoms with Crippen molar-refractivity contribution in [3.63, 3.8) is 0 Å². The van der Waals surface area contributed by atoms with Crippen LogP contribution in [0.3, 0.4) is 0 Å². The lowest BCUT2D eigenvalue weighted by Gasteiger charge is -2.41. The second-order valence-electron chi connectivity index (χ2n) is 15.4. The van der Waals surface area contributed by atoms with Gasteiger partial charge in [0.2, 0.25) is 5.91 Å². The lowest BCUT2D eigenvalue weighted by atomic mass is 9.86. The maximum absolute atomic E-state index is 14.1. The molecule has 1 aromatic carbocycles. The van der Waals surface area contributed by atoms with Crippen LogP contribution in [0.15, 0.2) is 18.2 Å². The summed E-state index contributed by atoms with van der Waals surface area (Å²) in [6.07, 6.45) is 0.454. The van der Waals surface area contributed by atoms with Crippen LogP contribution in [0.5, 0.6) is 5.75 Å². The first-order chi connectivity index (χ1) is 22.7. The summed E-state index contributed by atoms with van der Waals surface area (Å²) in [5.74, 6) is 0.527. The first-order valence-electron chi connectivity index (χ1n) is 17.8. The number of carbonyl (C=O) groups is 4. The van der Waals surface area contributed by atoms with Crippen molar-refractivity contribution in [1.29, 1.82) is 0 Å². The molecule has 3 amide bonds. The van der Waals surface area contributed by atoms with Crippen LogP contribution in [0.4, 0.5) is 16.2 Å². The Balaban J connectivity index is 0.000000811. The maximum Gasteiger partial charge on any atom is 0.410 e. The summed E-state index contributed by atoms with van der Waals surface area (Å²) in [6.45, 7) is 25.9. The molecule has 0 N–H and O–H groups in total. The summed E-state index contributed by atoms with van der Waals surface area (Å²) in [4.78, 5) is 57.6. The van der Waals surface area contributed by atoms with Gasteiger partial charge in [0.25, 0.3) is 5.91 Å². The number of rotatable bonds is 12. The van der Waals surface area contributed by atoms with E-state index in [9.17, 15) is 19.2 Å². The molecule has 0 spiro atoms. The van der Waals surface area contributed by atoms with E-state index in [1.54, 1.807) is 57.6 Å². The monoisotopic (exact) mass is 689 g/mol. The predicted octanol–water partition coefficient (Wildman–Crippen LogP) is 6.75. The van der Waals surface area contributed by atoms with Crippen molar-refractivity contribution in [3.05, 3.63) is 18.2 Å². The van der Waals surface area contributed by atoms with Crippen molar-refractivity contribution < 1.29 is 38.1 Å². The maximum atomic E-state index is 14.1. The Labute approximate surface area is 294 Å². The average Bonchev–Trinajstić information content (AvgIpc) is 3.00. The fraction of sp³-hybridized carbons (Fsp3) is 0.737. The Kier molecular flexibility index (Phi) is 15.6. The minimum atomic E-state index is -1.02. The van der Waals surface area contributed by atoms with Gasteiger partial charge in [-0.15, -0.1) is 0 Å². The summed E-state index contributed by atoms with van der Waals surface area (Å²) in [6, 6.07) is 5.19. The lowest BCUT2D eigenvalue weighted by molar-refractivity contribution is -0.132. The number of hydrogen-bond acceptors (Lipinski definition) is 8. The highest BCUT2D eigenvalue weighted by Gasteiger charge is 2.42. The molecule has 1 aromatic rings. The average molecular weight is 690 g/mol. The van der Waals surface area contributed by atoms with Gasteiger partial charge in [0.15, 0.2) is 5.60 Å². The number of ether oxygens (including phenoxy) is 4.